The van der Waals surface area contributed by atoms with Gasteiger partial charge in [0.05, 0.1) is 48.3 Å². The molecule has 2 aromatic heterocycles. The first-order valence-electron chi connectivity index (χ1n) is 12.3. The predicted molar refractivity (Wildman–Crippen MR) is 140 cm³/mol. The molecule has 3 aromatic rings. The van der Waals surface area contributed by atoms with Crippen LogP contribution in [-0.2, 0) is 14.3 Å². The number of allylic oxidation sites excluding steroid dienone is 1. The molecule has 0 bridgehead atoms. The molecule has 1 atom stereocenters. The zero-order valence-corrected chi connectivity index (χ0v) is 21.9. The third kappa shape index (κ3) is 4.99. The summed E-state index contributed by atoms with van der Waals surface area (Å²) in [7, 11) is 0. The van der Waals surface area contributed by atoms with Gasteiger partial charge < -0.3 is 23.5 Å². The Balaban J connectivity index is 1.59. The van der Waals surface area contributed by atoms with Gasteiger partial charge in [-0.05, 0) is 44.5 Å². The molecule has 5 rings (SSSR count). The highest BCUT2D eigenvalue weighted by molar-refractivity contribution is 7.07. The molecule has 4 heterocycles. The van der Waals surface area contributed by atoms with E-state index in [9.17, 15) is 9.59 Å². The Bertz CT molecular complexity index is 1490. The van der Waals surface area contributed by atoms with Crippen molar-refractivity contribution < 1.29 is 23.4 Å². The second-order valence-electron chi connectivity index (χ2n) is 8.58. The lowest BCUT2D eigenvalue weighted by atomic mass is 9.96. The fourth-order valence-corrected chi connectivity index (χ4v) is 5.55. The highest BCUT2D eigenvalue weighted by Crippen LogP contribution is 2.31. The SMILES string of the molecule is CCOC(=O)C1=C(C)N=c2s/c(=C/c3ccc(N4CCOCC4)o3)c(=O)n2C1c1ccc(OCC)cc1. The first-order chi connectivity index (χ1) is 18.0. The Kier molecular flexibility index (Phi) is 7.29. The molecule has 2 aliphatic heterocycles. The van der Waals surface area contributed by atoms with Gasteiger partial charge in [-0.2, -0.15) is 0 Å². The molecule has 1 saturated heterocycles. The molecule has 0 radical (unpaired) electrons. The van der Waals surface area contributed by atoms with E-state index in [0.29, 0.717) is 51.9 Å². The van der Waals surface area contributed by atoms with E-state index < -0.39 is 12.0 Å². The highest BCUT2D eigenvalue weighted by atomic mass is 32.1. The molecule has 0 N–H and O–H groups in total. The molecular formula is C27H29N3O6S. The monoisotopic (exact) mass is 523 g/mol. The first kappa shape index (κ1) is 25.0. The fourth-order valence-electron chi connectivity index (χ4n) is 4.52. The van der Waals surface area contributed by atoms with Crippen molar-refractivity contribution in [3.63, 3.8) is 0 Å². The van der Waals surface area contributed by atoms with Gasteiger partial charge in [-0.25, -0.2) is 9.79 Å². The lowest BCUT2D eigenvalue weighted by Crippen LogP contribution is -2.39. The summed E-state index contributed by atoms with van der Waals surface area (Å²) in [5, 5.41) is 0. The van der Waals surface area contributed by atoms with Gasteiger partial charge in [0.15, 0.2) is 10.7 Å². The number of ether oxygens (including phenoxy) is 3. The number of anilines is 1. The van der Waals surface area contributed by atoms with E-state index in [1.807, 2.05) is 43.3 Å². The Morgan fingerprint density at radius 3 is 2.59 bits per heavy atom. The summed E-state index contributed by atoms with van der Waals surface area (Å²) in [6.07, 6.45) is 1.73. The van der Waals surface area contributed by atoms with Gasteiger partial charge >= 0.3 is 5.97 Å². The van der Waals surface area contributed by atoms with Crippen LogP contribution in [0, 0.1) is 0 Å². The van der Waals surface area contributed by atoms with Gasteiger partial charge in [0.25, 0.3) is 5.56 Å². The number of esters is 1. The van der Waals surface area contributed by atoms with Gasteiger partial charge in [0.2, 0.25) is 0 Å². The lowest BCUT2D eigenvalue weighted by Gasteiger charge is -2.26. The van der Waals surface area contributed by atoms with Crippen molar-refractivity contribution in [1.82, 2.24) is 4.57 Å². The molecule has 1 fully saturated rings. The number of rotatable bonds is 7. The van der Waals surface area contributed by atoms with Crippen LogP contribution in [0.15, 0.2) is 61.9 Å². The van der Waals surface area contributed by atoms with Crippen LogP contribution < -0.4 is 24.5 Å². The number of aromatic nitrogens is 1. The van der Waals surface area contributed by atoms with Crippen LogP contribution in [-0.4, -0.2) is 50.1 Å². The standard InChI is InChI=1S/C27H29N3O6S/c1-4-34-19-8-6-18(7-9-19)24-23(26(32)35-5-2)17(3)28-27-30(24)25(31)21(37-27)16-20-10-11-22(36-20)29-12-14-33-15-13-29/h6-11,16,24H,4-5,12-15H2,1-3H3/b21-16+. The summed E-state index contributed by atoms with van der Waals surface area (Å²) in [4.78, 5) is 34.0. The van der Waals surface area contributed by atoms with Crippen molar-refractivity contribution in [1.29, 1.82) is 0 Å². The lowest BCUT2D eigenvalue weighted by molar-refractivity contribution is -0.139. The second kappa shape index (κ2) is 10.8. The van der Waals surface area contributed by atoms with E-state index in [0.717, 1.165) is 24.5 Å². The largest absolute Gasteiger partial charge is 0.494 e. The van der Waals surface area contributed by atoms with E-state index >= 15 is 0 Å². The zero-order chi connectivity index (χ0) is 25.9. The molecule has 0 amide bonds. The number of morpholine rings is 1. The van der Waals surface area contributed by atoms with Crippen LogP contribution in [0.25, 0.3) is 6.08 Å². The number of benzene rings is 1. The number of carbonyl (C=O) groups excluding carboxylic acids is 1. The van der Waals surface area contributed by atoms with Crippen LogP contribution in [0.4, 0.5) is 5.88 Å². The van der Waals surface area contributed by atoms with Crippen LogP contribution in [0.3, 0.4) is 0 Å². The Labute approximate surface area is 217 Å². The third-order valence-electron chi connectivity index (χ3n) is 6.23. The van der Waals surface area contributed by atoms with E-state index in [2.05, 4.69) is 9.89 Å². The van der Waals surface area contributed by atoms with E-state index in [4.69, 9.17) is 18.6 Å². The number of carbonyl (C=O) groups is 1. The van der Waals surface area contributed by atoms with E-state index in [1.165, 1.54) is 11.3 Å². The molecule has 2 aliphatic rings. The summed E-state index contributed by atoms with van der Waals surface area (Å²) in [6.45, 7) is 9.03. The minimum Gasteiger partial charge on any atom is -0.494 e. The Hall–Kier alpha value is -3.63. The fraction of sp³-hybridized carbons (Fsp3) is 0.370. The smallest absolute Gasteiger partial charge is 0.338 e. The Morgan fingerprint density at radius 1 is 1.14 bits per heavy atom. The minimum absolute atomic E-state index is 0.222. The average Bonchev–Trinajstić information content (AvgIpc) is 3.49. The van der Waals surface area contributed by atoms with Gasteiger partial charge in [0, 0.05) is 25.2 Å². The van der Waals surface area contributed by atoms with Crippen LogP contribution >= 0.6 is 11.3 Å². The first-order valence-corrected chi connectivity index (χ1v) is 13.2. The quantitative estimate of drug-likeness (QED) is 0.440. The molecular weight excluding hydrogens is 494 g/mol. The maximum atomic E-state index is 13.7. The predicted octanol–water partition coefficient (Wildman–Crippen LogP) is 2.63. The van der Waals surface area contributed by atoms with E-state index in [-0.39, 0.29) is 12.2 Å². The molecule has 0 aliphatic carbocycles. The number of furan rings is 1. The number of hydrogen-bond donors (Lipinski definition) is 0. The summed E-state index contributed by atoms with van der Waals surface area (Å²) >= 11 is 1.27. The normalized spacial score (nSPS) is 18.0. The van der Waals surface area contributed by atoms with Crippen molar-refractivity contribution in [3.05, 3.63) is 78.7 Å². The van der Waals surface area contributed by atoms with Crippen molar-refractivity contribution in [3.8, 4) is 5.75 Å². The van der Waals surface area contributed by atoms with Crippen molar-refractivity contribution >= 4 is 29.3 Å². The molecule has 194 valence electrons. The molecule has 37 heavy (non-hydrogen) atoms. The molecule has 1 unspecified atom stereocenters. The third-order valence-corrected chi connectivity index (χ3v) is 7.22. The van der Waals surface area contributed by atoms with E-state index in [1.54, 1.807) is 24.5 Å². The second-order valence-corrected chi connectivity index (χ2v) is 9.59. The molecule has 0 spiro atoms. The number of thiazole rings is 1. The van der Waals surface area contributed by atoms with Crippen molar-refractivity contribution in [2.45, 2.75) is 26.8 Å². The highest BCUT2D eigenvalue weighted by Gasteiger charge is 2.33. The number of hydrogen-bond acceptors (Lipinski definition) is 9. The van der Waals surface area contributed by atoms with Gasteiger partial charge in [0.1, 0.15) is 11.5 Å². The van der Waals surface area contributed by atoms with Gasteiger partial charge in [-0.15, -0.1) is 0 Å². The van der Waals surface area contributed by atoms with Gasteiger partial charge in [-0.3, -0.25) is 9.36 Å². The minimum atomic E-state index is -0.673. The number of nitrogens with zero attached hydrogens (tertiary/aromatic N) is 3. The molecule has 1 aromatic carbocycles. The molecule has 10 heteroatoms. The topological polar surface area (TPSA) is 95.5 Å². The Morgan fingerprint density at radius 2 is 1.89 bits per heavy atom. The van der Waals surface area contributed by atoms with Crippen LogP contribution in [0.1, 0.15) is 38.1 Å². The maximum Gasteiger partial charge on any atom is 0.338 e. The van der Waals surface area contributed by atoms with Crippen LogP contribution in [0.5, 0.6) is 5.75 Å². The summed E-state index contributed by atoms with van der Waals surface area (Å²) in [6, 6.07) is 10.5. The molecule has 0 saturated carbocycles. The zero-order valence-electron chi connectivity index (χ0n) is 21.1. The van der Waals surface area contributed by atoms with Gasteiger partial charge in [-0.1, -0.05) is 23.5 Å². The van der Waals surface area contributed by atoms with Crippen molar-refractivity contribution in [2.24, 2.45) is 4.99 Å². The summed E-state index contributed by atoms with van der Waals surface area (Å²) in [5.41, 5.74) is 1.39. The summed E-state index contributed by atoms with van der Waals surface area (Å²) < 4.78 is 24.4. The maximum absolute atomic E-state index is 13.7. The van der Waals surface area contributed by atoms with Crippen molar-refractivity contribution in [2.75, 3.05) is 44.4 Å². The molecule has 9 nitrogen and oxygen atoms in total. The number of fused-ring (bicyclic) bond motifs is 1. The van der Waals surface area contributed by atoms with Crippen LogP contribution in [0.2, 0.25) is 0 Å². The average molecular weight is 524 g/mol. The summed E-state index contributed by atoms with van der Waals surface area (Å²) in [5.74, 6) is 1.55.